The second-order valence-electron chi connectivity index (χ2n) is 5.56. The Hall–Kier alpha value is -1.41. The monoisotopic (exact) mass is 273 g/mol. The topological polar surface area (TPSA) is 50.5 Å². The maximum Gasteiger partial charge on any atom is 0.0991 e. The SMILES string of the molecule is CN(CCN1CCCC1)CC(O)c1ccc(C#N)cc1. The summed E-state index contributed by atoms with van der Waals surface area (Å²) in [6, 6.07) is 9.26. The van der Waals surface area contributed by atoms with Crippen LogP contribution in [0, 0.1) is 11.3 Å². The minimum Gasteiger partial charge on any atom is -0.387 e. The van der Waals surface area contributed by atoms with Crippen LogP contribution in [0.4, 0.5) is 0 Å². The Kier molecular flexibility index (Phi) is 5.54. The molecule has 0 bridgehead atoms. The third kappa shape index (κ3) is 4.31. The van der Waals surface area contributed by atoms with Crippen LogP contribution in [0.2, 0.25) is 0 Å². The lowest BCUT2D eigenvalue weighted by Gasteiger charge is -2.23. The molecule has 20 heavy (non-hydrogen) atoms. The number of aliphatic hydroxyl groups excluding tert-OH is 1. The van der Waals surface area contributed by atoms with Gasteiger partial charge in [0.2, 0.25) is 0 Å². The molecule has 1 heterocycles. The zero-order chi connectivity index (χ0) is 14.4. The molecule has 1 aliphatic heterocycles. The van der Waals surface area contributed by atoms with Crippen LogP contribution in [0.5, 0.6) is 0 Å². The number of likely N-dealkylation sites (tertiary alicyclic amines) is 1. The molecule has 0 radical (unpaired) electrons. The van der Waals surface area contributed by atoms with E-state index < -0.39 is 6.10 Å². The maximum atomic E-state index is 10.2. The predicted octanol–water partition coefficient (Wildman–Crippen LogP) is 1.62. The van der Waals surface area contributed by atoms with Crippen molar-refractivity contribution < 1.29 is 5.11 Å². The number of likely N-dealkylation sites (N-methyl/N-ethyl adjacent to an activating group) is 1. The highest BCUT2D eigenvalue weighted by atomic mass is 16.3. The minimum absolute atomic E-state index is 0.494. The average Bonchev–Trinajstić information content (AvgIpc) is 2.98. The van der Waals surface area contributed by atoms with E-state index in [1.807, 2.05) is 19.2 Å². The largest absolute Gasteiger partial charge is 0.387 e. The number of hydrogen-bond acceptors (Lipinski definition) is 4. The second kappa shape index (κ2) is 7.39. The van der Waals surface area contributed by atoms with E-state index >= 15 is 0 Å². The van der Waals surface area contributed by atoms with Gasteiger partial charge in [-0.2, -0.15) is 5.26 Å². The minimum atomic E-state index is -0.494. The fourth-order valence-electron chi connectivity index (χ4n) is 2.59. The van der Waals surface area contributed by atoms with Crippen LogP contribution in [0.15, 0.2) is 24.3 Å². The van der Waals surface area contributed by atoms with E-state index in [4.69, 9.17) is 5.26 Å². The zero-order valence-electron chi connectivity index (χ0n) is 12.1. The molecule has 0 spiro atoms. The van der Waals surface area contributed by atoms with Crippen LogP contribution in [0.3, 0.4) is 0 Å². The number of rotatable bonds is 6. The van der Waals surface area contributed by atoms with E-state index in [0.717, 1.165) is 18.7 Å². The van der Waals surface area contributed by atoms with Gasteiger partial charge in [0.1, 0.15) is 0 Å². The molecule has 1 atom stereocenters. The maximum absolute atomic E-state index is 10.2. The summed E-state index contributed by atoms with van der Waals surface area (Å²) in [5.74, 6) is 0. The van der Waals surface area contributed by atoms with Crippen molar-refractivity contribution in [1.82, 2.24) is 9.80 Å². The Morgan fingerprint density at radius 2 is 1.95 bits per heavy atom. The molecule has 0 aromatic heterocycles. The summed E-state index contributed by atoms with van der Waals surface area (Å²) in [5, 5.41) is 19.0. The summed E-state index contributed by atoms with van der Waals surface area (Å²) in [5.41, 5.74) is 1.50. The first-order valence-electron chi connectivity index (χ1n) is 7.28. The highest BCUT2D eigenvalue weighted by Gasteiger charge is 2.14. The summed E-state index contributed by atoms with van der Waals surface area (Å²) in [7, 11) is 2.04. The Morgan fingerprint density at radius 3 is 2.55 bits per heavy atom. The van der Waals surface area contributed by atoms with E-state index in [2.05, 4.69) is 15.9 Å². The standard InChI is InChI=1S/C16H23N3O/c1-18(10-11-19-8-2-3-9-19)13-16(20)15-6-4-14(12-17)5-7-15/h4-7,16,20H,2-3,8-11,13H2,1H3. The van der Waals surface area contributed by atoms with Gasteiger partial charge in [0.05, 0.1) is 17.7 Å². The summed E-state index contributed by atoms with van der Waals surface area (Å²) in [6.45, 7) is 5.11. The van der Waals surface area contributed by atoms with Gasteiger partial charge in [0, 0.05) is 19.6 Å². The van der Waals surface area contributed by atoms with Crippen molar-refractivity contribution in [2.24, 2.45) is 0 Å². The lowest BCUT2D eigenvalue weighted by Crippen LogP contribution is -2.33. The van der Waals surface area contributed by atoms with E-state index in [1.165, 1.54) is 25.9 Å². The molecule has 4 heteroatoms. The third-order valence-corrected chi connectivity index (χ3v) is 3.91. The Balaban J connectivity index is 1.77. The van der Waals surface area contributed by atoms with Crippen molar-refractivity contribution in [3.05, 3.63) is 35.4 Å². The normalized spacial score (nSPS) is 17.3. The third-order valence-electron chi connectivity index (χ3n) is 3.91. The second-order valence-corrected chi connectivity index (χ2v) is 5.56. The fourth-order valence-corrected chi connectivity index (χ4v) is 2.59. The van der Waals surface area contributed by atoms with Gasteiger partial charge in [0.25, 0.3) is 0 Å². The van der Waals surface area contributed by atoms with Gasteiger partial charge in [0.15, 0.2) is 0 Å². The number of nitriles is 1. The van der Waals surface area contributed by atoms with Crippen LogP contribution >= 0.6 is 0 Å². The zero-order valence-corrected chi connectivity index (χ0v) is 12.1. The Labute approximate surface area is 121 Å². The lowest BCUT2D eigenvalue weighted by atomic mass is 10.1. The molecular formula is C16H23N3O. The molecule has 1 saturated heterocycles. The van der Waals surface area contributed by atoms with Crippen LogP contribution < -0.4 is 0 Å². The van der Waals surface area contributed by atoms with E-state index in [1.54, 1.807) is 12.1 Å². The molecule has 1 fully saturated rings. The molecule has 0 aliphatic carbocycles. The highest BCUT2D eigenvalue weighted by Crippen LogP contribution is 2.15. The Morgan fingerprint density at radius 1 is 1.30 bits per heavy atom. The Bertz CT molecular complexity index is 446. The summed E-state index contributed by atoms with van der Waals surface area (Å²) >= 11 is 0. The van der Waals surface area contributed by atoms with Gasteiger partial charge in [-0.25, -0.2) is 0 Å². The molecule has 1 aliphatic rings. The first-order valence-corrected chi connectivity index (χ1v) is 7.28. The van der Waals surface area contributed by atoms with Gasteiger partial charge < -0.3 is 14.9 Å². The molecule has 1 aromatic rings. The van der Waals surface area contributed by atoms with Crippen LogP contribution in [0.25, 0.3) is 0 Å². The molecule has 1 N–H and O–H groups in total. The van der Waals surface area contributed by atoms with Crippen molar-refractivity contribution in [2.75, 3.05) is 39.8 Å². The van der Waals surface area contributed by atoms with Crippen molar-refractivity contribution in [3.63, 3.8) is 0 Å². The molecule has 1 aromatic carbocycles. The van der Waals surface area contributed by atoms with E-state index in [-0.39, 0.29) is 0 Å². The quantitative estimate of drug-likeness (QED) is 0.855. The van der Waals surface area contributed by atoms with E-state index in [9.17, 15) is 5.11 Å². The lowest BCUT2D eigenvalue weighted by molar-refractivity contribution is 0.121. The van der Waals surface area contributed by atoms with Gasteiger partial charge in [-0.15, -0.1) is 0 Å². The van der Waals surface area contributed by atoms with Gasteiger partial charge in [-0.05, 0) is 50.7 Å². The summed E-state index contributed by atoms with van der Waals surface area (Å²) < 4.78 is 0. The number of benzene rings is 1. The van der Waals surface area contributed by atoms with Gasteiger partial charge in [-0.1, -0.05) is 12.1 Å². The van der Waals surface area contributed by atoms with Gasteiger partial charge in [-0.3, -0.25) is 0 Å². The first-order chi connectivity index (χ1) is 9.69. The molecule has 1 unspecified atom stereocenters. The number of aliphatic hydroxyl groups is 1. The van der Waals surface area contributed by atoms with Crippen molar-refractivity contribution in [2.45, 2.75) is 18.9 Å². The fraction of sp³-hybridized carbons (Fsp3) is 0.562. The number of nitrogens with zero attached hydrogens (tertiary/aromatic N) is 3. The van der Waals surface area contributed by atoms with Crippen LogP contribution in [-0.4, -0.2) is 54.7 Å². The first kappa shape index (κ1) is 15.0. The van der Waals surface area contributed by atoms with Gasteiger partial charge >= 0.3 is 0 Å². The summed E-state index contributed by atoms with van der Waals surface area (Å²) in [4.78, 5) is 4.64. The van der Waals surface area contributed by atoms with Crippen LogP contribution in [0.1, 0.15) is 30.1 Å². The average molecular weight is 273 g/mol. The smallest absolute Gasteiger partial charge is 0.0991 e. The summed E-state index contributed by atoms with van der Waals surface area (Å²) in [6.07, 6.45) is 2.14. The number of hydrogen-bond donors (Lipinski definition) is 1. The van der Waals surface area contributed by atoms with E-state index in [0.29, 0.717) is 12.1 Å². The molecule has 0 saturated carbocycles. The van der Waals surface area contributed by atoms with Crippen molar-refractivity contribution in [1.29, 1.82) is 5.26 Å². The molecule has 108 valence electrons. The molecule has 0 amide bonds. The van der Waals surface area contributed by atoms with Crippen molar-refractivity contribution in [3.8, 4) is 6.07 Å². The van der Waals surface area contributed by atoms with Crippen molar-refractivity contribution >= 4 is 0 Å². The molecule has 4 nitrogen and oxygen atoms in total. The molecular weight excluding hydrogens is 250 g/mol. The molecule has 2 rings (SSSR count). The van der Waals surface area contributed by atoms with Crippen LogP contribution in [-0.2, 0) is 0 Å². The highest BCUT2D eigenvalue weighted by molar-refractivity contribution is 5.32. The predicted molar refractivity (Wildman–Crippen MR) is 79.3 cm³/mol.